The van der Waals surface area contributed by atoms with Gasteiger partial charge in [0, 0.05) is 22.9 Å². The predicted octanol–water partition coefficient (Wildman–Crippen LogP) is 5.48. The van der Waals surface area contributed by atoms with Crippen molar-refractivity contribution in [1.29, 1.82) is 0 Å². The van der Waals surface area contributed by atoms with E-state index in [1.54, 1.807) is 12.1 Å². The average molecular weight is 364 g/mol. The molecule has 0 unspecified atom stereocenters. The molecule has 0 saturated heterocycles. The maximum absolute atomic E-state index is 12.3. The van der Waals surface area contributed by atoms with Gasteiger partial charge in [-0.2, -0.15) is 0 Å². The van der Waals surface area contributed by atoms with Crippen LogP contribution in [0.1, 0.15) is 55.8 Å². The van der Waals surface area contributed by atoms with Gasteiger partial charge in [0.1, 0.15) is 0 Å². The highest BCUT2D eigenvalue weighted by molar-refractivity contribution is 6.04. The second-order valence-corrected chi connectivity index (χ2v) is 7.34. The molecule has 0 bridgehead atoms. The third-order valence-corrected chi connectivity index (χ3v) is 5.13. The number of amides is 2. The first-order valence-electron chi connectivity index (χ1n) is 9.94. The minimum absolute atomic E-state index is 0.122. The van der Waals surface area contributed by atoms with E-state index < -0.39 is 0 Å². The Morgan fingerprint density at radius 1 is 0.889 bits per heavy atom. The van der Waals surface area contributed by atoms with Crippen LogP contribution in [-0.2, 0) is 4.79 Å². The van der Waals surface area contributed by atoms with Crippen LogP contribution in [-0.4, -0.2) is 11.8 Å². The summed E-state index contributed by atoms with van der Waals surface area (Å²) in [7, 11) is 0. The third-order valence-electron chi connectivity index (χ3n) is 5.13. The molecule has 1 aliphatic rings. The number of anilines is 2. The molecule has 2 aromatic carbocycles. The Labute approximate surface area is 161 Å². The van der Waals surface area contributed by atoms with Crippen LogP contribution < -0.4 is 10.6 Å². The van der Waals surface area contributed by atoms with Gasteiger partial charge < -0.3 is 10.6 Å². The maximum Gasteiger partial charge on any atom is 0.255 e. The van der Waals surface area contributed by atoms with Crippen LogP contribution in [0.15, 0.2) is 54.6 Å². The van der Waals surface area contributed by atoms with E-state index in [9.17, 15) is 9.59 Å². The number of carbonyl (C=O) groups is 2. The van der Waals surface area contributed by atoms with Crippen molar-refractivity contribution < 1.29 is 9.59 Å². The second kappa shape index (κ2) is 9.36. The monoisotopic (exact) mass is 364 g/mol. The van der Waals surface area contributed by atoms with E-state index in [0.717, 1.165) is 12.1 Å². The Hall–Kier alpha value is -2.62. The lowest BCUT2D eigenvalue weighted by molar-refractivity contribution is -0.117. The fourth-order valence-electron chi connectivity index (χ4n) is 3.39. The normalized spacial score (nSPS) is 18.0. The number of hydrogen-bond donors (Lipinski definition) is 2. The average Bonchev–Trinajstić information content (AvgIpc) is 3.47. The van der Waals surface area contributed by atoms with Gasteiger partial charge in [0.2, 0.25) is 5.91 Å². The molecule has 2 aromatic rings. The van der Waals surface area contributed by atoms with Crippen LogP contribution in [0.4, 0.5) is 11.4 Å². The van der Waals surface area contributed by atoms with Gasteiger partial charge >= 0.3 is 0 Å². The summed E-state index contributed by atoms with van der Waals surface area (Å²) in [5.74, 6) is 0.711. The first kappa shape index (κ1) is 19.2. The molecule has 27 heavy (non-hydrogen) atoms. The van der Waals surface area contributed by atoms with Crippen molar-refractivity contribution >= 4 is 23.2 Å². The highest BCUT2D eigenvalue weighted by Gasteiger charge is 2.42. The molecule has 4 nitrogen and oxygen atoms in total. The Morgan fingerprint density at radius 3 is 2.22 bits per heavy atom. The van der Waals surface area contributed by atoms with E-state index in [1.165, 1.54) is 32.1 Å². The Kier molecular flexibility index (Phi) is 6.64. The molecule has 0 heterocycles. The summed E-state index contributed by atoms with van der Waals surface area (Å²) in [5, 5.41) is 5.86. The Morgan fingerprint density at radius 2 is 1.56 bits per heavy atom. The van der Waals surface area contributed by atoms with Crippen LogP contribution in [0.2, 0.25) is 0 Å². The lowest BCUT2D eigenvalue weighted by Gasteiger charge is -2.08. The topological polar surface area (TPSA) is 58.2 Å². The van der Waals surface area contributed by atoms with E-state index >= 15 is 0 Å². The lowest BCUT2D eigenvalue weighted by atomic mass is 10.1. The molecule has 1 fully saturated rings. The van der Waals surface area contributed by atoms with E-state index in [0.29, 0.717) is 17.2 Å². The van der Waals surface area contributed by atoms with Crippen molar-refractivity contribution in [2.75, 3.05) is 10.6 Å². The molecule has 0 spiro atoms. The van der Waals surface area contributed by atoms with E-state index in [4.69, 9.17) is 0 Å². The highest BCUT2D eigenvalue weighted by atomic mass is 16.2. The first-order chi connectivity index (χ1) is 13.2. The van der Waals surface area contributed by atoms with Gasteiger partial charge in [0.05, 0.1) is 0 Å². The van der Waals surface area contributed by atoms with Gasteiger partial charge in [0.15, 0.2) is 0 Å². The number of hydrogen-bond acceptors (Lipinski definition) is 2. The number of benzene rings is 2. The second-order valence-electron chi connectivity index (χ2n) is 7.34. The van der Waals surface area contributed by atoms with Crippen LogP contribution in [0, 0.1) is 11.8 Å². The molecule has 4 heteroatoms. The van der Waals surface area contributed by atoms with E-state index in [1.807, 2.05) is 42.5 Å². The molecule has 2 N–H and O–H groups in total. The zero-order valence-corrected chi connectivity index (χ0v) is 15.9. The maximum atomic E-state index is 12.3. The van der Waals surface area contributed by atoms with Crippen LogP contribution in [0.25, 0.3) is 0 Å². The van der Waals surface area contributed by atoms with Crippen LogP contribution in [0.3, 0.4) is 0 Å². The number of rotatable bonds is 9. The lowest BCUT2D eigenvalue weighted by Crippen LogP contribution is -2.15. The van der Waals surface area contributed by atoms with Gasteiger partial charge in [-0.1, -0.05) is 50.8 Å². The van der Waals surface area contributed by atoms with Crippen molar-refractivity contribution in [2.24, 2.45) is 11.8 Å². The molecular weight excluding hydrogens is 336 g/mol. The molecule has 0 aromatic heterocycles. The summed E-state index contributed by atoms with van der Waals surface area (Å²) in [6.07, 6.45) is 7.23. The summed E-state index contributed by atoms with van der Waals surface area (Å²) in [4.78, 5) is 24.5. The molecule has 1 saturated carbocycles. The zero-order chi connectivity index (χ0) is 19.1. The third kappa shape index (κ3) is 5.68. The summed E-state index contributed by atoms with van der Waals surface area (Å²) in [5.41, 5.74) is 2.10. The standard InChI is InChI=1S/C23H28N2O2/c1-2-3-4-6-11-18-16-21(18)23(27)25-20-14-12-19(13-15-20)24-22(26)17-9-7-5-8-10-17/h5,7-10,12-15,18,21H,2-4,6,11,16H2,1H3,(H,24,26)(H,25,27)/t18-,21+/m1/s1. The largest absolute Gasteiger partial charge is 0.326 e. The van der Waals surface area contributed by atoms with Gasteiger partial charge in [0.25, 0.3) is 5.91 Å². The van der Waals surface area contributed by atoms with Crippen molar-refractivity contribution in [3.8, 4) is 0 Å². The SMILES string of the molecule is CCCCCC[C@@H]1C[C@@H]1C(=O)Nc1ccc(NC(=O)c2ccccc2)cc1. The molecular formula is C23H28N2O2. The highest BCUT2D eigenvalue weighted by Crippen LogP contribution is 2.43. The molecule has 1 aliphatic carbocycles. The molecule has 3 rings (SSSR count). The summed E-state index contributed by atoms with van der Waals surface area (Å²) in [6.45, 7) is 2.21. The first-order valence-corrected chi connectivity index (χ1v) is 9.94. The van der Waals surface area contributed by atoms with Crippen molar-refractivity contribution in [3.63, 3.8) is 0 Å². The van der Waals surface area contributed by atoms with E-state index in [2.05, 4.69) is 17.6 Å². The number of unbranched alkanes of at least 4 members (excludes halogenated alkanes) is 3. The van der Waals surface area contributed by atoms with Crippen LogP contribution >= 0.6 is 0 Å². The van der Waals surface area contributed by atoms with Gasteiger partial charge in [-0.15, -0.1) is 0 Å². The molecule has 0 radical (unpaired) electrons. The van der Waals surface area contributed by atoms with E-state index in [-0.39, 0.29) is 17.7 Å². The fourth-order valence-corrected chi connectivity index (χ4v) is 3.39. The minimum atomic E-state index is -0.142. The minimum Gasteiger partial charge on any atom is -0.326 e. The van der Waals surface area contributed by atoms with Crippen molar-refractivity contribution in [3.05, 3.63) is 60.2 Å². The van der Waals surface area contributed by atoms with Gasteiger partial charge in [-0.25, -0.2) is 0 Å². The smallest absolute Gasteiger partial charge is 0.255 e. The zero-order valence-electron chi connectivity index (χ0n) is 15.9. The molecule has 0 aliphatic heterocycles. The summed E-state index contributed by atoms with van der Waals surface area (Å²) < 4.78 is 0. The van der Waals surface area contributed by atoms with Gasteiger partial charge in [-0.05, 0) is 55.2 Å². The summed E-state index contributed by atoms with van der Waals surface area (Å²) in [6, 6.07) is 16.4. The predicted molar refractivity (Wildman–Crippen MR) is 110 cm³/mol. The van der Waals surface area contributed by atoms with Crippen LogP contribution in [0.5, 0.6) is 0 Å². The van der Waals surface area contributed by atoms with Gasteiger partial charge in [-0.3, -0.25) is 9.59 Å². The molecule has 142 valence electrons. The quantitative estimate of drug-likeness (QED) is 0.579. The summed E-state index contributed by atoms with van der Waals surface area (Å²) >= 11 is 0. The molecule has 2 amide bonds. The Balaban J connectivity index is 1.44. The van der Waals surface area contributed by atoms with Crippen molar-refractivity contribution in [2.45, 2.75) is 45.4 Å². The Bertz CT molecular complexity index is 756. The fraction of sp³-hybridized carbons (Fsp3) is 0.391. The number of carbonyl (C=O) groups excluding carboxylic acids is 2. The number of nitrogens with one attached hydrogen (secondary N) is 2. The molecule has 2 atom stereocenters. The van der Waals surface area contributed by atoms with Crippen molar-refractivity contribution in [1.82, 2.24) is 0 Å².